The number of hydrogen-bond acceptors (Lipinski definition) is 7. The average Bonchev–Trinajstić information content (AvgIpc) is 4.04. The second-order valence-corrected chi connectivity index (χ2v) is 15.6. The molecule has 2 aromatic heterocycles. The summed E-state index contributed by atoms with van der Waals surface area (Å²) in [5, 5.41) is 6.82. The van der Waals surface area contributed by atoms with Crippen molar-refractivity contribution in [2.24, 2.45) is 0 Å². The number of nitrogens with one attached hydrogen (secondary N) is 4. The molecule has 4 aromatic carbocycles. The number of anilines is 3. The van der Waals surface area contributed by atoms with Gasteiger partial charge in [0.2, 0.25) is 0 Å². The zero-order valence-electron chi connectivity index (χ0n) is 31.0. The highest BCUT2D eigenvalue weighted by molar-refractivity contribution is 5.78. The molecule has 0 spiro atoms. The molecular weight excluding hydrogens is 745 g/mol. The van der Waals surface area contributed by atoms with Crippen molar-refractivity contribution in [2.75, 3.05) is 54.0 Å². The first-order valence-corrected chi connectivity index (χ1v) is 19.8. The SMILES string of the molecule is Fc1cc2nc([C@@H]3CCCN3)[nH]c2cc1[C@H]1CC[C@@H](c2cc3[nH]c([C@@H]4CCCN4)nc3cc2F)N1c1cc(F)c(N2CCN(c3c(F)cccc3F)CC2)c(F)c1. The number of piperazine rings is 1. The first kappa shape index (κ1) is 36.1. The lowest BCUT2D eigenvalue weighted by Gasteiger charge is -2.38. The number of H-pyrrole nitrogens is 2. The van der Waals surface area contributed by atoms with Crippen LogP contribution in [0.1, 0.15) is 85.5 Å². The van der Waals surface area contributed by atoms with Gasteiger partial charge >= 0.3 is 0 Å². The molecule has 0 aliphatic carbocycles. The largest absolute Gasteiger partial charge is 0.363 e. The highest BCUT2D eigenvalue weighted by Crippen LogP contribution is 2.50. The van der Waals surface area contributed by atoms with E-state index in [-0.39, 0.29) is 55.3 Å². The first-order chi connectivity index (χ1) is 27.7. The van der Waals surface area contributed by atoms with Gasteiger partial charge in [0.05, 0.1) is 46.2 Å². The van der Waals surface area contributed by atoms with Crippen LogP contribution in [-0.2, 0) is 0 Å². The molecule has 4 N–H and O–H groups in total. The van der Waals surface area contributed by atoms with Gasteiger partial charge in [-0.05, 0) is 88.0 Å². The van der Waals surface area contributed by atoms with E-state index >= 15 is 17.6 Å². The van der Waals surface area contributed by atoms with Crippen molar-refractivity contribution in [3.63, 3.8) is 0 Å². The maximum absolute atomic E-state index is 16.4. The summed E-state index contributed by atoms with van der Waals surface area (Å²) in [7, 11) is 0. The zero-order valence-corrected chi connectivity index (χ0v) is 31.0. The van der Waals surface area contributed by atoms with Crippen LogP contribution in [0.4, 0.5) is 43.4 Å². The summed E-state index contributed by atoms with van der Waals surface area (Å²) in [5.41, 5.74) is 2.53. The summed E-state index contributed by atoms with van der Waals surface area (Å²) < 4.78 is 94.5. The first-order valence-electron chi connectivity index (χ1n) is 19.8. The Balaban J connectivity index is 1.02. The Kier molecular flexibility index (Phi) is 9.04. The van der Waals surface area contributed by atoms with Gasteiger partial charge in [-0.15, -0.1) is 0 Å². The maximum atomic E-state index is 16.4. The summed E-state index contributed by atoms with van der Waals surface area (Å²) >= 11 is 0. The second-order valence-electron chi connectivity index (χ2n) is 15.6. The van der Waals surface area contributed by atoms with E-state index in [1.807, 2.05) is 0 Å². The molecule has 0 saturated carbocycles. The smallest absolute Gasteiger partial charge is 0.151 e. The van der Waals surface area contributed by atoms with Crippen LogP contribution in [0.25, 0.3) is 22.1 Å². The number of hydrogen-bond donors (Lipinski definition) is 4. The van der Waals surface area contributed by atoms with Crippen molar-refractivity contribution in [3.05, 3.63) is 112 Å². The number of benzene rings is 4. The maximum Gasteiger partial charge on any atom is 0.151 e. The van der Waals surface area contributed by atoms with Gasteiger partial charge in [0.1, 0.15) is 46.3 Å². The Labute approximate surface area is 324 Å². The van der Waals surface area contributed by atoms with Gasteiger partial charge < -0.3 is 35.3 Å². The predicted octanol–water partition coefficient (Wildman–Crippen LogP) is 8.53. The van der Waals surface area contributed by atoms with Crippen molar-refractivity contribution in [1.82, 2.24) is 30.6 Å². The summed E-state index contributed by atoms with van der Waals surface area (Å²) in [6.45, 7) is 2.23. The van der Waals surface area contributed by atoms with Crippen LogP contribution >= 0.6 is 0 Å². The Morgan fingerprint density at radius 1 is 0.526 bits per heavy atom. The lowest BCUT2D eigenvalue weighted by Crippen LogP contribution is -2.47. The number of halogens is 6. The van der Waals surface area contributed by atoms with E-state index in [0.717, 1.165) is 50.4 Å². The Morgan fingerprint density at radius 2 is 0.982 bits per heavy atom. The molecular formula is C42H41F6N9. The number of nitrogens with zero attached hydrogens (tertiary/aromatic N) is 5. The minimum atomic E-state index is -0.851. The molecule has 4 fully saturated rings. The number of para-hydroxylation sites is 1. The fourth-order valence-corrected chi connectivity index (χ4v) is 9.54. The van der Waals surface area contributed by atoms with Gasteiger partial charge in [0, 0.05) is 55.1 Å². The van der Waals surface area contributed by atoms with Crippen LogP contribution in [0.2, 0.25) is 0 Å². The highest BCUT2D eigenvalue weighted by atomic mass is 19.2. The number of aromatic amines is 2. The lowest BCUT2D eigenvalue weighted by atomic mass is 10.0. The normalized spacial score (nSPS) is 22.9. The summed E-state index contributed by atoms with van der Waals surface area (Å²) in [6.07, 6.45) is 4.57. The fourth-order valence-electron chi connectivity index (χ4n) is 9.54. The van der Waals surface area contributed by atoms with Crippen LogP contribution < -0.4 is 25.3 Å². The quantitative estimate of drug-likeness (QED) is 0.121. The summed E-state index contributed by atoms with van der Waals surface area (Å²) in [6, 6.07) is 10.9. The Hall–Kier alpha value is -5.28. The molecule has 4 atom stereocenters. The molecule has 0 bridgehead atoms. The van der Waals surface area contributed by atoms with Gasteiger partial charge in [-0.1, -0.05) is 6.07 Å². The molecule has 6 aromatic rings. The predicted molar refractivity (Wildman–Crippen MR) is 206 cm³/mol. The van der Waals surface area contributed by atoms with Crippen molar-refractivity contribution < 1.29 is 26.3 Å². The van der Waals surface area contributed by atoms with Gasteiger partial charge in [-0.2, -0.15) is 0 Å². The summed E-state index contributed by atoms with van der Waals surface area (Å²) in [4.78, 5) is 20.8. The van der Waals surface area contributed by atoms with Crippen molar-refractivity contribution >= 4 is 39.1 Å². The van der Waals surface area contributed by atoms with E-state index in [1.165, 1.54) is 52.3 Å². The highest BCUT2D eigenvalue weighted by Gasteiger charge is 2.40. The van der Waals surface area contributed by atoms with E-state index in [2.05, 4.69) is 30.6 Å². The molecule has 6 heterocycles. The molecule has 4 aliphatic heterocycles. The third kappa shape index (κ3) is 6.35. The van der Waals surface area contributed by atoms with Crippen LogP contribution in [0.5, 0.6) is 0 Å². The van der Waals surface area contributed by atoms with Gasteiger partial charge in [0.25, 0.3) is 0 Å². The second kappa shape index (κ2) is 14.3. The molecule has 4 aliphatic rings. The van der Waals surface area contributed by atoms with Crippen LogP contribution in [0.3, 0.4) is 0 Å². The zero-order chi connectivity index (χ0) is 38.9. The monoisotopic (exact) mass is 785 g/mol. The fraction of sp³-hybridized carbons (Fsp3) is 0.381. The Morgan fingerprint density at radius 3 is 1.42 bits per heavy atom. The van der Waals surface area contributed by atoms with Gasteiger partial charge in [0.15, 0.2) is 11.6 Å². The molecule has 0 unspecified atom stereocenters. The van der Waals surface area contributed by atoms with Crippen molar-refractivity contribution in [1.29, 1.82) is 0 Å². The number of fused-ring (bicyclic) bond motifs is 2. The van der Waals surface area contributed by atoms with E-state index in [0.29, 0.717) is 46.0 Å². The number of aromatic nitrogens is 4. The van der Waals surface area contributed by atoms with Crippen LogP contribution in [0, 0.1) is 34.9 Å². The molecule has 10 rings (SSSR count). The topological polar surface area (TPSA) is 91.1 Å². The van der Waals surface area contributed by atoms with Gasteiger partial charge in [-0.3, -0.25) is 0 Å². The van der Waals surface area contributed by atoms with E-state index in [4.69, 9.17) is 0 Å². The van der Waals surface area contributed by atoms with Crippen molar-refractivity contribution in [3.8, 4) is 0 Å². The van der Waals surface area contributed by atoms with E-state index < -0.39 is 47.0 Å². The average molecular weight is 786 g/mol. The van der Waals surface area contributed by atoms with Crippen LogP contribution in [0.15, 0.2) is 54.6 Å². The number of rotatable bonds is 7. The van der Waals surface area contributed by atoms with Gasteiger partial charge in [-0.25, -0.2) is 36.3 Å². The minimum absolute atomic E-state index is 0.0368. The Bertz CT molecular complexity index is 2330. The summed E-state index contributed by atoms with van der Waals surface area (Å²) in [5.74, 6) is -2.70. The number of imidazole rings is 2. The molecule has 0 radical (unpaired) electrons. The molecule has 0 amide bonds. The molecule has 15 heteroatoms. The lowest BCUT2D eigenvalue weighted by molar-refractivity contribution is 0.535. The molecule has 9 nitrogen and oxygen atoms in total. The third-order valence-corrected chi connectivity index (χ3v) is 12.3. The molecule has 57 heavy (non-hydrogen) atoms. The third-order valence-electron chi connectivity index (χ3n) is 12.3. The molecule has 296 valence electrons. The van der Waals surface area contributed by atoms with Crippen LogP contribution in [-0.4, -0.2) is 59.2 Å². The van der Waals surface area contributed by atoms with Crippen molar-refractivity contribution in [2.45, 2.75) is 62.7 Å². The standard InChI is InChI=1S/C42H41F6N9/c43-25-4-1-5-26(44)39(25)55-12-14-56(15-13-55)40-29(47)16-22(17-30(40)48)57-37(23-18-33-35(20-27(23)45)53-41(51-33)31-6-2-10-49-31)8-9-38(57)24-19-34-36(21-28(24)46)54-42(52-34)32-7-3-11-50-32/h1,4-5,16-21,31-32,37-38,49-50H,2-3,6-15H2,(H,51,53)(H,52,54)/t31-,32-,37-,38+/m0/s1. The minimum Gasteiger partial charge on any atom is -0.363 e. The van der Waals surface area contributed by atoms with E-state index in [1.54, 1.807) is 17.0 Å². The molecule has 4 saturated heterocycles. The van der Waals surface area contributed by atoms with E-state index in [9.17, 15) is 8.78 Å².